The Bertz CT molecular complexity index is 677. The van der Waals surface area contributed by atoms with Crippen molar-refractivity contribution in [1.82, 2.24) is 14.9 Å². The van der Waals surface area contributed by atoms with E-state index in [0.29, 0.717) is 23.4 Å². The van der Waals surface area contributed by atoms with Crippen molar-refractivity contribution in [1.29, 1.82) is 0 Å². The first-order valence-electron chi connectivity index (χ1n) is 6.25. The van der Waals surface area contributed by atoms with E-state index in [1.807, 2.05) is 0 Å². The average molecular weight is 280 g/mol. The van der Waals surface area contributed by atoms with E-state index in [9.17, 15) is 9.90 Å². The van der Waals surface area contributed by atoms with E-state index in [1.165, 1.54) is 16.7 Å². The van der Waals surface area contributed by atoms with Crippen LogP contribution in [-0.2, 0) is 6.54 Å². The van der Waals surface area contributed by atoms with E-state index in [0.717, 1.165) is 19.5 Å². The molecule has 1 saturated heterocycles. The third-order valence-corrected chi connectivity index (χ3v) is 3.78. The first kappa shape index (κ1) is 12.4. The van der Waals surface area contributed by atoms with Crippen LogP contribution in [0.25, 0.3) is 10.9 Å². The van der Waals surface area contributed by atoms with E-state index in [1.54, 1.807) is 6.07 Å². The Morgan fingerprint density at radius 1 is 1.53 bits per heavy atom. The van der Waals surface area contributed by atoms with Gasteiger partial charge in [0.2, 0.25) is 5.28 Å². The lowest BCUT2D eigenvalue weighted by atomic mass is 10.1. The fourth-order valence-corrected chi connectivity index (χ4v) is 2.71. The van der Waals surface area contributed by atoms with E-state index >= 15 is 0 Å². The largest absolute Gasteiger partial charge is 0.508 e. The number of nitrogens with zero attached hydrogens (tertiary/aromatic N) is 2. The lowest BCUT2D eigenvalue weighted by Gasteiger charge is -2.13. The number of hydrogen-bond donors (Lipinski definition) is 2. The summed E-state index contributed by atoms with van der Waals surface area (Å²) >= 11 is 6.09. The zero-order chi connectivity index (χ0) is 13.4. The number of benzene rings is 1. The van der Waals surface area contributed by atoms with Crippen molar-refractivity contribution in [2.75, 3.05) is 13.1 Å². The van der Waals surface area contributed by atoms with E-state index in [2.05, 4.69) is 10.3 Å². The van der Waals surface area contributed by atoms with Crippen molar-refractivity contribution in [3.05, 3.63) is 33.8 Å². The Hall–Kier alpha value is -1.59. The molecule has 6 heteroatoms. The number of fused-ring (bicyclic) bond motifs is 1. The summed E-state index contributed by atoms with van der Waals surface area (Å²) in [6, 6.07) is 4.52. The van der Waals surface area contributed by atoms with Crippen LogP contribution in [-0.4, -0.2) is 27.7 Å². The molecule has 100 valence electrons. The minimum absolute atomic E-state index is 0.0770. The molecule has 0 saturated carbocycles. The molecular weight excluding hydrogens is 266 g/mol. The van der Waals surface area contributed by atoms with E-state index in [4.69, 9.17) is 11.6 Å². The lowest BCUT2D eigenvalue weighted by Crippen LogP contribution is -2.26. The van der Waals surface area contributed by atoms with Gasteiger partial charge in [-0.2, -0.15) is 0 Å². The monoisotopic (exact) mass is 279 g/mol. The topological polar surface area (TPSA) is 67.1 Å². The van der Waals surface area contributed by atoms with Crippen LogP contribution in [0.2, 0.25) is 5.28 Å². The van der Waals surface area contributed by atoms with Crippen molar-refractivity contribution >= 4 is 22.5 Å². The second-order valence-corrected chi connectivity index (χ2v) is 5.19. The molecule has 1 aliphatic rings. The van der Waals surface area contributed by atoms with Crippen LogP contribution >= 0.6 is 11.6 Å². The van der Waals surface area contributed by atoms with Gasteiger partial charge < -0.3 is 10.4 Å². The predicted molar refractivity (Wildman–Crippen MR) is 73.7 cm³/mol. The Labute approximate surface area is 114 Å². The fraction of sp³-hybridized carbons (Fsp3) is 0.385. The van der Waals surface area contributed by atoms with E-state index in [-0.39, 0.29) is 16.6 Å². The highest BCUT2D eigenvalue weighted by molar-refractivity contribution is 6.28. The molecule has 1 fully saturated rings. The molecule has 0 amide bonds. The molecule has 3 rings (SSSR count). The summed E-state index contributed by atoms with van der Waals surface area (Å²) in [6.45, 7) is 2.46. The second-order valence-electron chi connectivity index (χ2n) is 4.86. The fourth-order valence-electron chi connectivity index (χ4n) is 2.47. The van der Waals surface area contributed by atoms with Gasteiger partial charge in [0.25, 0.3) is 5.56 Å². The van der Waals surface area contributed by atoms with Crippen molar-refractivity contribution in [2.45, 2.75) is 13.0 Å². The number of nitrogens with one attached hydrogen (secondary N) is 1. The first-order valence-corrected chi connectivity index (χ1v) is 6.63. The standard InChI is InChI=1S/C13H14ClN3O2/c14-13-16-11-5-9(18)1-2-10(11)12(19)17(13)7-8-3-4-15-6-8/h1-2,5,8,15,18H,3-4,6-7H2. The summed E-state index contributed by atoms with van der Waals surface area (Å²) < 4.78 is 1.51. The molecule has 1 aromatic carbocycles. The first-order chi connectivity index (χ1) is 9.15. The van der Waals surface area contributed by atoms with Gasteiger partial charge in [-0.25, -0.2) is 4.98 Å². The van der Waals surface area contributed by atoms with Crippen LogP contribution in [0.5, 0.6) is 5.75 Å². The summed E-state index contributed by atoms with van der Waals surface area (Å²) in [5, 5.41) is 13.3. The lowest BCUT2D eigenvalue weighted by molar-refractivity contribution is 0.469. The highest BCUT2D eigenvalue weighted by Crippen LogP contribution is 2.19. The van der Waals surface area contributed by atoms with Gasteiger partial charge in [0, 0.05) is 12.6 Å². The number of hydrogen-bond acceptors (Lipinski definition) is 4. The van der Waals surface area contributed by atoms with Crippen molar-refractivity contribution in [2.24, 2.45) is 5.92 Å². The zero-order valence-corrected chi connectivity index (χ0v) is 11.0. The number of aromatic nitrogens is 2. The molecule has 1 unspecified atom stereocenters. The van der Waals surface area contributed by atoms with Crippen molar-refractivity contribution in [3.8, 4) is 5.75 Å². The molecule has 1 aromatic heterocycles. The SMILES string of the molecule is O=c1c2ccc(O)cc2nc(Cl)n1CC1CCNC1. The third-order valence-electron chi connectivity index (χ3n) is 3.50. The van der Waals surface area contributed by atoms with Gasteiger partial charge in [-0.3, -0.25) is 9.36 Å². The molecule has 1 aliphatic heterocycles. The van der Waals surface area contributed by atoms with Gasteiger partial charge in [-0.15, -0.1) is 0 Å². The molecule has 0 radical (unpaired) electrons. The molecule has 0 spiro atoms. The van der Waals surface area contributed by atoms with E-state index < -0.39 is 0 Å². The Balaban J connectivity index is 2.09. The molecule has 2 heterocycles. The number of aromatic hydroxyl groups is 1. The van der Waals surface area contributed by atoms with Crippen molar-refractivity contribution < 1.29 is 5.11 Å². The molecule has 0 aliphatic carbocycles. The smallest absolute Gasteiger partial charge is 0.262 e. The molecule has 2 N–H and O–H groups in total. The summed E-state index contributed by atoms with van der Waals surface area (Å²) in [4.78, 5) is 16.6. The van der Waals surface area contributed by atoms with Crippen LogP contribution in [0.1, 0.15) is 6.42 Å². The molecule has 0 bridgehead atoms. The van der Waals surface area contributed by atoms with Crippen LogP contribution < -0.4 is 10.9 Å². The minimum Gasteiger partial charge on any atom is -0.508 e. The zero-order valence-electron chi connectivity index (χ0n) is 10.3. The Morgan fingerprint density at radius 2 is 2.37 bits per heavy atom. The predicted octanol–water partition coefficient (Wildman–Crippen LogP) is 1.36. The quantitative estimate of drug-likeness (QED) is 0.815. The van der Waals surface area contributed by atoms with Crippen LogP contribution in [0, 0.1) is 5.92 Å². The van der Waals surface area contributed by atoms with Gasteiger partial charge in [0.15, 0.2) is 0 Å². The third kappa shape index (κ3) is 2.31. The van der Waals surface area contributed by atoms with Gasteiger partial charge in [-0.05, 0) is 49.2 Å². The number of phenolic OH excluding ortho intramolecular Hbond substituents is 1. The summed E-state index contributed by atoms with van der Waals surface area (Å²) in [5.41, 5.74) is 0.276. The van der Waals surface area contributed by atoms with Gasteiger partial charge in [0.1, 0.15) is 5.75 Å². The van der Waals surface area contributed by atoms with Crippen LogP contribution in [0.4, 0.5) is 0 Å². The Kier molecular flexibility index (Phi) is 3.16. The summed E-state index contributed by atoms with van der Waals surface area (Å²) in [6.07, 6.45) is 1.04. The van der Waals surface area contributed by atoms with Crippen molar-refractivity contribution in [3.63, 3.8) is 0 Å². The van der Waals surface area contributed by atoms with Gasteiger partial charge in [0.05, 0.1) is 10.9 Å². The minimum atomic E-state index is -0.151. The second kappa shape index (κ2) is 4.83. The molecular formula is C13H14ClN3O2. The maximum Gasteiger partial charge on any atom is 0.262 e. The highest BCUT2D eigenvalue weighted by atomic mass is 35.5. The molecule has 1 atom stereocenters. The highest BCUT2D eigenvalue weighted by Gasteiger charge is 2.18. The summed E-state index contributed by atoms with van der Waals surface area (Å²) in [5.74, 6) is 0.486. The Morgan fingerprint density at radius 3 is 3.11 bits per heavy atom. The normalized spacial score (nSPS) is 19.1. The van der Waals surface area contributed by atoms with Gasteiger partial charge >= 0.3 is 0 Å². The molecule has 5 nitrogen and oxygen atoms in total. The summed E-state index contributed by atoms with van der Waals surface area (Å²) in [7, 11) is 0. The van der Waals surface area contributed by atoms with Crippen LogP contribution in [0.15, 0.2) is 23.0 Å². The number of phenols is 1. The van der Waals surface area contributed by atoms with Gasteiger partial charge in [-0.1, -0.05) is 0 Å². The maximum absolute atomic E-state index is 12.4. The average Bonchev–Trinajstić information content (AvgIpc) is 2.87. The van der Waals surface area contributed by atoms with Crippen LogP contribution in [0.3, 0.4) is 0 Å². The number of halogens is 1. The number of rotatable bonds is 2. The maximum atomic E-state index is 12.4. The molecule has 19 heavy (non-hydrogen) atoms. The molecule has 2 aromatic rings.